The SMILES string of the molecule is CC1CCC(OC(=O)C2CCNC2)CC1. The van der Waals surface area contributed by atoms with Crippen LogP contribution in [0.2, 0.25) is 0 Å². The number of carbonyl (C=O) groups excluding carboxylic acids is 1. The minimum absolute atomic E-state index is 0.0274. The van der Waals surface area contributed by atoms with Gasteiger partial charge in [0.15, 0.2) is 0 Å². The number of carbonyl (C=O) groups is 1. The zero-order valence-electron chi connectivity index (χ0n) is 9.50. The van der Waals surface area contributed by atoms with E-state index in [9.17, 15) is 4.79 Å². The van der Waals surface area contributed by atoms with Crippen molar-refractivity contribution in [2.45, 2.75) is 45.1 Å². The van der Waals surface area contributed by atoms with Crippen molar-refractivity contribution in [2.24, 2.45) is 11.8 Å². The van der Waals surface area contributed by atoms with E-state index in [-0.39, 0.29) is 18.0 Å². The van der Waals surface area contributed by atoms with E-state index in [4.69, 9.17) is 4.74 Å². The van der Waals surface area contributed by atoms with Crippen LogP contribution >= 0.6 is 0 Å². The Bertz CT molecular complexity index is 216. The molecule has 1 saturated carbocycles. The van der Waals surface area contributed by atoms with Gasteiger partial charge >= 0.3 is 5.97 Å². The summed E-state index contributed by atoms with van der Waals surface area (Å²) in [6.45, 7) is 4.04. The number of hydrogen-bond donors (Lipinski definition) is 1. The van der Waals surface area contributed by atoms with Gasteiger partial charge in [0.25, 0.3) is 0 Å². The van der Waals surface area contributed by atoms with Crippen LogP contribution in [0.1, 0.15) is 39.0 Å². The van der Waals surface area contributed by atoms with Crippen LogP contribution in [0.5, 0.6) is 0 Å². The van der Waals surface area contributed by atoms with E-state index in [1.165, 1.54) is 12.8 Å². The summed E-state index contributed by atoms with van der Waals surface area (Å²) >= 11 is 0. The Kier molecular flexibility index (Phi) is 3.62. The van der Waals surface area contributed by atoms with Gasteiger partial charge in [-0.3, -0.25) is 4.79 Å². The molecule has 3 nitrogen and oxygen atoms in total. The molecule has 0 spiro atoms. The number of rotatable bonds is 2. The monoisotopic (exact) mass is 211 g/mol. The van der Waals surface area contributed by atoms with Crippen molar-refractivity contribution in [2.75, 3.05) is 13.1 Å². The molecule has 1 atom stereocenters. The van der Waals surface area contributed by atoms with Crippen molar-refractivity contribution in [1.29, 1.82) is 0 Å². The highest BCUT2D eigenvalue weighted by molar-refractivity contribution is 5.73. The van der Waals surface area contributed by atoms with E-state index in [2.05, 4.69) is 12.2 Å². The predicted octanol–water partition coefficient (Wildman–Crippen LogP) is 1.72. The van der Waals surface area contributed by atoms with E-state index in [1.807, 2.05) is 0 Å². The molecule has 1 aliphatic carbocycles. The summed E-state index contributed by atoms with van der Waals surface area (Å²) in [6.07, 6.45) is 5.69. The molecule has 1 unspecified atom stereocenters. The lowest BCUT2D eigenvalue weighted by atomic mass is 9.89. The van der Waals surface area contributed by atoms with Gasteiger partial charge in [0, 0.05) is 6.54 Å². The van der Waals surface area contributed by atoms with E-state index >= 15 is 0 Å². The topological polar surface area (TPSA) is 38.3 Å². The van der Waals surface area contributed by atoms with Crippen LogP contribution in [0.3, 0.4) is 0 Å². The number of hydrogen-bond acceptors (Lipinski definition) is 3. The van der Waals surface area contributed by atoms with Gasteiger partial charge in [-0.2, -0.15) is 0 Å². The molecule has 1 aliphatic heterocycles. The van der Waals surface area contributed by atoms with Crippen LogP contribution in [0.15, 0.2) is 0 Å². The Balaban J connectivity index is 1.74. The lowest BCUT2D eigenvalue weighted by Gasteiger charge is -2.26. The average molecular weight is 211 g/mol. The Labute approximate surface area is 91.6 Å². The van der Waals surface area contributed by atoms with E-state index in [0.717, 1.165) is 38.3 Å². The van der Waals surface area contributed by atoms with Gasteiger partial charge in [0.2, 0.25) is 0 Å². The summed E-state index contributed by atoms with van der Waals surface area (Å²) in [5.41, 5.74) is 0. The van der Waals surface area contributed by atoms with Gasteiger partial charge in [0.05, 0.1) is 5.92 Å². The van der Waals surface area contributed by atoms with Gasteiger partial charge in [-0.05, 0) is 44.6 Å². The fraction of sp³-hybridized carbons (Fsp3) is 0.917. The fourth-order valence-corrected chi connectivity index (χ4v) is 2.46. The zero-order chi connectivity index (χ0) is 10.7. The third kappa shape index (κ3) is 2.94. The Morgan fingerprint density at radius 1 is 1.20 bits per heavy atom. The molecule has 0 radical (unpaired) electrons. The van der Waals surface area contributed by atoms with Crippen molar-refractivity contribution in [3.8, 4) is 0 Å². The molecule has 3 heteroatoms. The minimum Gasteiger partial charge on any atom is -0.462 e. The zero-order valence-corrected chi connectivity index (χ0v) is 9.50. The Morgan fingerprint density at radius 2 is 1.93 bits per heavy atom. The second-order valence-corrected chi connectivity index (χ2v) is 5.01. The van der Waals surface area contributed by atoms with E-state index in [0.29, 0.717) is 0 Å². The van der Waals surface area contributed by atoms with Gasteiger partial charge < -0.3 is 10.1 Å². The van der Waals surface area contributed by atoms with Gasteiger partial charge in [-0.1, -0.05) is 6.92 Å². The smallest absolute Gasteiger partial charge is 0.310 e. The summed E-state index contributed by atoms with van der Waals surface area (Å²) in [4.78, 5) is 11.7. The molecule has 1 heterocycles. The largest absolute Gasteiger partial charge is 0.462 e. The van der Waals surface area contributed by atoms with Gasteiger partial charge in [-0.25, -0.2) is 0 Å². The standard InChI is InChI=1S/C12H21NO2/c1-9-2-4-11(5-3-9)15-12(14)10-6-7-13-8-10/h9-11,13H,2-8H2,1H3. The van der Waals surface area contributed by atoms with Crippen LogP contribution in [0, 0.1) is 11.8 Å². The van der Waals surface area contributed by atoms with Crippen molar-refractivity contribution in [3.05, 3.63) is 0 Å². The summed E-state index contributed by atoms with van der Waals surface area (Å²) in [7, 11) is 0. The van der Waals surface area contributed by atoms with Crippen molar-refractivity contribution < 1.29 is 9.53 Å². The van der Waals surface area contributed by atoms with Crippen LogP contribution in [0.25, 0.3) is 0 Å². The predicted molar refractivity (Wildman–Crippen MR) is 58.5 cm³/mol. The normalized spacial score (nSPS) is 36.5. The molecule has 0 aromatic heterocycles. The number of nitrogens with one attached hydrogen (secondary N) is 1. The van der Waals surface area contributed by atoms with Gasteiger partial charge in [-0.15, -0.1) is 0 Å². The molecular weight excluding hydrogens is 190 g/mol. The first-order valence-electron chi connectivity index (χ1n) is 6.17. The van der Waals surface area contributed by atoms with Crippen molar-refractivity contribution >= 4 is 5.97 Å². The van der Waals surface area contributed by atoms with Crippen LogP contribution in [-0.2, 0) is 9.53 Å². The third-order valence-corrected chi connectivity index (χ3v) is 3.64. The molecule has 0 aromatic rings. The first kappa shape index (κ1) is 10.9. The van der Waals surface area contributed by atoms with Crippen LogP contribution in [0.4, 0.5) is 0 Å². The van der Waals surface area contributed by atoms with Gasteiger partial charge in [0.1, 0.15) is 6.10 Å². The lowest BCUT2D eigenvalue weighted by Crippen LogP contribution is -2.28. The molecule has 15 heavy (non-hydrogen) atoms. The molecular formula is C12H21NO2. The van der Waals surface area contributed by atoms with Crippen molar-refractivity contribution in [1.82, 2.24) is 5.32 Å². The second-order valence-electron chi connectivity index (χ2n) is 5.01. The summed E-state index contributed by atoms with van der Waals surface area (Å²) in [6, 6.07) is 0. The van der Waals surface area contributed by atoms with Crippen LogP contribution in [-0.4, -0.2) is 25.2 Å². The quantitative estimate of drug-likeness (QED) is 0.707. The summed E-state index contributed by atoms with van der Waals surface area (Å²) in [5, 5.41) is 3.20. The molecule has 2 rings (SSSR count). The maximum Gasteiger partial charge on any atom is 0.310 e. The highest BCUT2D eigenvalue weighted by atomic mass is 16.5. The maximum atomic E-state index is 11.7. The molecule has 2 aliphatic rings. The van der Waals surface area contributed by atoms with E-state index in [1.54, 1.807) is 0 Å². The maximum absolute atomic E-state index is 11.7. The number of ether oxygens (including phenoxy) is 1. The number of esters is 1. The third-order valence-electron chi connectivity index (χ3n) is 3.64. The molecule has 1 saturated heterocycles. The lowest BCUT2D eigenvalue weighted by molar-refractivity contribution is -0.155. The summed E-state index contributed by atoms with van der Waals surface area (Å²) in [5.74, 6) is 0.956. The molecule has 0 amide bonds. The Morgan fingerprint density at radius 3 is 2.53 bits per heavy atom. The molecule has 0 bridgehead atoms. The fourth-order valence-electron chi connectivity index (χ4n) is 2.46. The highest BCUT2D eigenvalue weighted by Crippen LogP contribution is 2.26. The average Bonchev–Trinajstić information content (AvgIpc) is 2.74. The molecule has 2 fully saturated rings. The van der Waals surface area contributed by atoms with Crippen molar-refractivity contribution in [3.63, 3.8) is 0 Å². The van der Waals surface area contributed by atoms with E-state index < -0.39 is 0 Å². The molecule has 0 aromatic carbocycles. The Hall–Kier alpha value is -0.570. The van der Waals surface area contributed by atoms with Crippen LogP contribution < -0.4 is 5.32 Å². The first-order valence-corrected chi connectivity index (χ1v) is 6.17. The second kappa shape index (κ2) is 4.97. The molecule has 86 valence electrons. The highest BCUT2D eigenvalue weighted by Gasteiger charge is 2.27. The first-order chi connectivity index (χ1) is 7.25. The molecule has 1 N–H and O–H groups in total. The summed E-state index contributed by atoms with van der Waals surface area (Å²) < 4.78 is 5.54. The minimum atomic E-state index is 0.0274.